The molecule has 4 aromatic rings. The predicted octanol–water partition coefficient (Wildman–Crippen LogP) is 4.83. The second kappa shape index (κ2) is 8.36. The molecule has 1 amide bonds. The lowest BCUT2D eigenvalue weighted by Gasteiger charge is -2.11. The summed E-state index contributed by atoms with van der Waals surface area (Å²) in [5.74, 6) is 0.655. The number of nitrogens with zero attached hydrogens (tertiary/aromatic N) is 4. The molecule has 0 fully saturated rings. The number of carbonyl (C=O) groups excluding carboxylic acids is 1. The third-order valence-electron chi connectivity index (χ3n) is 4.83. The lowest BCUT2D eigenvalue weighted by molar-refractivity contribution is -0.116. The minimum Gasteiger partial charge on any atom is -0.309 e. The standard InChI is InChI=1S/C23H18ClN5O/c1-15-12-21(27-20-5-3-2-4-19(15)20)29-23(17(13-25)14-26-29)28-22(30)11-8-16-6-9-18(24)10-7-16/h2-7,9-10,12,14H,8,11H2,1H3,(H,28,30). The Morgan fingerprint density at radius 2 is 1.97 bits per heavy atom. The van der Waals surface area contributed by atoms with Crippen molar-refractivity contribution in [1.29, 1.82) is 5.26 Å². The Kier molecular flexibility index (Phi) is 5.46. The average Bonchev–Trinajstić information content (AvgIpc) is 3.16. The van der Waals surface area contributed by atoms with Crippen molar-refractivity contribution in [3.05, 3.63) is 82.5 Å². The van der Waals surface area contributed by atoms with E-state index in [1.54, 1.807) is 12.1 Å². The van der Waals surface area contributed by atoms with Gasteiger partial charge in [0, 0.05) is 16.8 Å². The summed E-state index contributed by atoms with van der Waals surface area (Å²) in [6.07, 6.45) is 2.26. The maximum atomic E-state index is 12.6. The van der Waals surface area contributed by atoms with Crippen LogP contribution in [0.5, 0.6) is 0 Å². The first-order valence-corrected chi connectivity index (χ1v) is 9.82. The van der Waals surface area contributed by atoms with Gasteiger partial charge in [0.25, 0.3) is 0 Å². The van der Waals surface area contributed by atoms with Gasteiger partial charge in [0.2, 0.25) is 5.91 Å². The molecule has 0 unspecified atom stereocenters. The van der Waals surface area contributed by atoms with E-state index in [9.17, 15) is 10.1 Å². The summed E-state index contributed by atoms with van der Waals surface area (Å²) < 4.78 is 1.50. The molecule has 30 heavy (non-hydrogen) atoms. The number of pyridine rings is 1. The number of benzene rings is 2. The van der Waals surface area contributed by atoms with Crippen LogP contribution in [0.25, 0.3) is 16.7 Å². The van der Waals surface area contributed by atoms with E-state index < -0.39 is 0 Å². The Balaban J connectivity index is 1.60. The number of aryl methyl sites for hydroxylation is 2. The molecule has 2 heterocycles. The lowest BCUT2D eigenvalue weighted by Crippen LogP contribution is -2.17. The molecular weight excluding hydrogens is 398 g/mol. The monoisotopic (exact) mass is 415 g/mol. The summed E-state index contributed by atoms with van der Waals surface area (Å²) in [7, 11) is 0. The summed E-state index contributed by atoms with van der Waals surface area (Å²) in [4.78, 5) is 17.2. The molecule has 0 aliphatic rings. The Hall–Kier alpha value is -3.69. The molecule has 2 aromatic carbocycles. The summed E-state index contributed by atoms with van der Waals surface area (Å²) in [6, 6.07) is 19.2. The number of fused-ring (bicyclic) bond motifs is 1. The van der Waals surface area contributed by atoms with Gasteiger partial charge in [-0.25, -0.2) is 4.98 Å². The molecule has 0 radical (unpaired) electrons. The van der Waals surface area contributed by atoms with Crippen molar-refractivity contribution in [2.75, 3.05) is 5.32 Å². The van der Waals surface area contributed by atoms with Crippen LogP contribution >= 0.6 is 11.6 Å². The molecule has 7 heteroatoms. The summed E-state index contributed by atoms with van der Waals surface area (Å²) in [5, 5.41) is 18.3. The zero-order chi connectivity index (χ0) is 21.1. The number of halogens is 1. The fraction of sp³-hybridized carbons (Fsp3) is 0.130. The molecule has 0 saturated heterocycles. The molecule has 148 valence electrons. The quantitative estimate of drug-likeness (QED) is 0.506. The van der Waals surface area contributed by atoms with Crippen LogP contribution in [0, 0.1) is 18.3 Å². The molecule has 2 aromatic heterocycles. The van der Waals surface area contributed by atoms with Crippen LogP contribution in [0.4, 0.5) is 5.82 Å². The fourth-order valence-electron chi connectivity index (χ4n) is 3.27. The first-order chi connectivity index (χ1) is 14.5. The Morgan fingerprint density at radius 1 is 1.20 bits per heavy atom. The van der Waals surface area contributed by atoms with Gasteiger partial charge in [0.05, 0.1) is 11.7 Å². The van der Waals surface area contributed by atoms with Crippen molar-refractivity contribution in [3.8, 4) is 11.9 Å². The van der Waals surface area contributed by atoms with E-state index in [0.29, 0.717) is 23.1 Å². The second-order valence-electron chi connectivity index (χ2n) is 6.92. The normalized spacial score (nSPS) is 10.7. The average molecular weight is 416 g/mol. The van der Waals surface area contributed by atoms with E-state index in [1.807, 2.05) is 49.4 Å². The number of rotatable bonds is 5. The summed E-state index contributed by atoms with van der Waals surface area (Å²) >= 11 is 5.90. The summed E-state index contributed by atoms with van der Waals surface area (Å²) in [5.41, 5.74) is 3.14. The third kappa shape index (κ3) is 4.02. The van der Waals surface area contributed by atoms with Gasteiger partial charge in [0.15, 0.2) is 11.6 Å². The van der Waals surface area contributed by atoms with Gasteiger partial charge >= 0.3 is 0 Å². The van der Waals surface area contributed by atoms with Gasteiger partial charge in [-0.1, -0.05) is 41.9 Å². The van der Waals surface area contributed by atoms with Crippen molar-refractivity contribution in [3.63, 3.8) is 0 Å². The largest absolute Gasteiger partial charge is 0.309 e. The van der Waals surface area contributed by atoms with Crippen LogP contribution in [0.15, 0.2) is 60.8 Å². The molecule has 0 aliphatic heterocycles. The van der Waals surface area contributed by atoms with Crippen LogP contribution in [0.3, 0.4) is 0 Å². The smallest absolute Gasteiger partial charge is 0.225 e. The first kappa shape index (κ1) is 19.6. The van der Waals surface area contributed by atoms with E-state index in [-0.39, 0.29) is 17.9 Å². The zero-order valence-electron chi connectivity index (χ0n) is 16.3. The van der Waals surface area contributed by atoms with E-state index >= 15 is 0 Å². The molecule has 4 rings (SSSR count). The second-order valence-corrected chi connectivity index (χ2v) is 7.36. The Bertz CT molecular complexity index is 1270. The number of para-hydroxylation sites is 1. The SMILES string of the molecule is Cc1cc(-n2ncc(C#N)c2NC(=O)CCc2ccc(Cl)cc2)nc2ccccc12. The van der Waals surface area contributed by atoms with Gasteiger partial charge in [-0.05, 0) is 48.7 Å². The van der Waals surface area contributed by atoms with Crippen molar-refractivity contribution in [2.45, 2.75) is 19.8 Å². The molecule has 1 N–H and O–H groups in total. The maximum absolute atomic E-state index is 12.6. The van der Waals surface area contributed by atoms with Crippen molar-refractivity contribution in [2.24, 2.45) is 0 Å². The first-order valence-electron chi connectivity index (χ1n) is 9.44. The van der Waals surface area contributed by atoms with Crippen molar-refractivity contribution >= 4 is 34.2 Å². The van der Waals surface area contributed by atoms with Gasteiger partial charge in [-0.15, -0.1) is 0 Å². The van der Waals surface area contributed by atoms with E-state index in [0.717, 1.165) is 22.0 Å². The molecule has 0 atom stereocenters. The molecule has 6 nitrogen and oxygen atoms in total. The van der Waals surface area contributed by atoms with Crippen LogP contribution in [0.1, 0.15) is 23.1 Å². The van der Waals surface area contributed by atoms with Crippen LogP contribution in [-0.2, 0) is 11.2 Å². The van der Waals surface area contributed by atoms with E-state index in [4.69, 9.17) is 11.6 Å². The molecule has 0 aliphatic carbocycles. The number of hydrogen-bond donors (Lipinski definition) is 1. The number of anilines is 1. The van der Waals surface area contributed by atoms with Crippen molar-refractivity contribution < 1.29 is 4.79 Å². The van der Waals surface area contributed by atoms with E-state index in [2.05, 4.69) is 21.5 Å². The number of nitriles is 1. The lowest BCUT2D eigenvalue weighted by atomic mass is 10.1. The van der Waals surface area contributed by atoms with Gasteiger partial charge < -0.3 is 5.32 Å². The van der Waals surface area contributed by atoms with Crippen LogP contribution in [0.2, 0.25) is 5.02 Å². The van der Waals surface area contributed by atoms with Crippen LogP contribution in [-0.4, -0.2) is 20.7 Å². The molecular formula is C23H18ClN5O. The highest BCUT2D eigenvalue weighted by Gasteiger charge is 2.17. The highest BCUT2D eigenvalue weighted by molar-refractivity contribution is 6.30. The summed E-state index contributed by atoms with van der Waals surface area (Å²) in [6.45, 7) is 1.99. The van der Waals surface area contributed by atoms with E-state index in [1.165, 1.54) is 10.9 Å². The number of aromatic nitrogens is 3. The highest BCUT2D eigenvalue weighted by atomic mass is 35.5. The van der Waals surface area contributed by atoms with Crippen LogP contribution < -0.4 is 5.32 Å². The molecule has 0 saturated carbocycles. The fourth-order valence-corrected chi connectivity index (χ4v) is 3.39. The number of hydrogen-bond acceptors (Lipinski definition) is 4. The molecule has 0 bridgehead atoms. The van der Waals surface area contributed by atoms with Crippen molar-refractivity contribution in [1.82, 2.24) is 14.8 Å². The van der Waals surface area contributed by atoms with Gasteiger partial charge in [-0.3, -0.25) is 4.79 Å². The highest BCUT2D eigenvalue weighted by Crippen LogP contribution is 2.23. The Morgan fingerprint density at radius 3 is 2.73 bits per heavy atom. The number of carbonyl (C=O) groups is 1. The minimum absolute atomic E-state index is 0.208. The van der Waals surface area contributed by atoms with Gasteiger partial charge in [0.1, 0.15) is 11.6 Å². The topological polar surface area (TPSA) is 83.6 Å². The number of amides is 1. The number of nitrogens with one attached hydrogen (secondary N) is 1. The van der Waals surface area contributed by atoms with Gasteiger partial charge in [-0.2, -0.15) is 15.0 Å². The third-order valence-corrected chi connectivity index (χ3v) is 5.08. The predicted molar refractivity (Wildman–Crippen MR) is 117 cm³/mol. The molecule has 0 spiro atoms. The maximum Gasteiger partial charge on any atom is 0.225 e. The zero-order valence-corrected chi connectivity index (χ0v) is 17.0. The minimum atomic E-state index is -0.208. The Labute approximate surface area is 178 Å².